The third-order valence-corrected chi connectivity index (χ3v) is 3.01. The predicted octanol–water partition coefficient (Wildman–Crippen LogP) is 2.95. The molecule has 0 spiro atoms. The fourth-order valence-electron chi connectivity index (χ4n) is 1.54. The maximum atomic E-state index is 13.3. The summed E-state index contributed by atoms with van der Waals surface area (Å²) in [5.74, 6) is -0.220. The lowest BCUT2D eigenvalue weighted by molar-refractivity contribution is 0.618. The van der Waals surface area contributed by atoms with Crippen molar-refractivity contribution >= 4 is 17.3 Å². The summed E-state index contributed by atoms with van der Waals surface area (Å²) < 4.78 is 13.3. The van der Waals surface area contributed by atoms with E-state index in [4.69, 9.17) is 11.6 Å². The smallest absolute Gasteiger partial charge is 0.128 e. The molecule has 4 heteroatoms. The van der Waals surface area contributed by atoms with Crippen LogP contribution in [0.1, 0.15) is 18.4 Å². The monoisotopic (exact) mass is 242 g/mol. The second kappa shape index (κ2) is 5.02. The minimum Gasteiger partial charge on any atom is -0.382 e. The summed E-state index contributed by atoms with van der Waals surface area (Å²) in [4.78, 5) is 0. The van der Waals surface area contributed by atoms with Crippen molar-refractivity contribution in [2.75, 3.05) is 18.4 Å². The van der Waals surface area contributed by atoms with E-state index >= 15 is 0 Å². The maximum absolute atomic E-state index is 13.3. The van der Waals surface area contributed by atoms with E-state index in [1.807, 2.05) is 0 Å². The summed E-state index contributed by atoms with van der Waals surface area (Å²) in [6.07, 6.45) is 2.56. The molecule has 1 saturated carbocycles. The highest BCUT2D eigenvalue weighted by molar-refractivity contribution is 6.33. The zero-order valence-corrected chi connectivity index (χ0v) is 10.1. The molecule has 88 valence electrons. The number of rotatable bonds is 5. The Labute approximate surface area is 100 Å². The molecule has 2 N–H and O–H groups in total. The number of hydrogen-bond acceptors (Lipinski definition) is 2. The van der Waals surface area contributed by atoms with E-state index in [9.17, 15) is 4.39 Å². The van der Waals surface area contributed by atoms with E-state index in [1.54, 1.807) is 13.0 Å². The molecule has 0 aliphatic heterocycles. The van der Waals surface area contributed by atoms with Crippen molar-refractivity contribution in [3.8, 4) is 0 Å². The molecule has 0 saturated heterocycles. The van der Waals surface area contributed by atoms with Gasteiger partial charge >= 0.3 is 0 Å². The van der Waals surface area contributed by atoms with E-state index in [1.165, 1.54) is 18.9 Å². The molecule has 1 aliphatic carbocycles. The minimum atomic E-state index is -0.220. The molecule has 0 aromatic heterocycles. The van der Waals surface area contributed by atoms with Gasteiger partial charge in [-0.05, 0) is 37.5 Å². The van der Waals surface area contributed by atoms with Crippen LogP contribution >= 0.6 is 11.6 Å². The first-order valence-electron chi connectivity index (χ1n) is 5.59. The lowest BCUT2D eigenvalue weighted by atomic mass is 10.2. The first kappa shape index (κ1) is 11.7. The van der Waals surface area contributed by atoms with Gasteiger partial charge in [0, 0.05) is 19.1 Å². The molecule has 0 heterocycles. The van der Waals surface area contributed by atoms with Gasteiger partial charge in [0.05, 0.1) is 10.7 Å². The van der Waals surface area contributed by atoms with E-state index in [-0.39, 0.29) is 5.82 Å². The molecule has 1 aromatic rings. The Hall–Kier alpha value is -0.800. The van der Waals surface area contributed by atoms with Gasteiger partial charge in [-0.15, -0.1) is 0 Å². The van der Waals surface area contributed by atoms with Gasteiger partial charge in [-0.25, -0.2) is 4.39 Å². The average Bonchev–Trinajstić information content (AvgIpc) is 3.04. The van der Waals surface area contributed by atoms with Crippen molar-refractivity contribution in [1.82, 2.24) is 5.32 Å². The van der Waals surface area contributed by atoms with Gasteiger partial charge in [-0.1, -0.05) is 11.6 Å². The second-order valence-corrected chi connectivity index (χ2v) is 4.64. The lowest BCUT2D eigenvalue weighted by Gasteiger charge is -2.10. The van der Waals surface area contributed by atoms with Gasteiger partial charge in [-0.2, -0.15) is 0 Å². The first-order valence-corrected chi connectivity index (χ1v) is 5.97. The van der Waals surface area contributed by atoms with Crippen molar-refractivity contribution in [3.63, 3.8) is 0 Å². The molecule has 1 aliphatic rings. The second-order valence-electron chi connectivity index (χ2n) is 4.24. The number of hydrogen-bond donors (Lipinski definition) is 2. The fraction of sp³-hybridized carbons (Fsp3) is 0.500. The van der Waals surface area contributed by atoms with Gasteiger partial charge in [0.2, 0.25) is 0 Å². The Morgan fingerprint density at radius 2 is 2.12 bits per heavy atom. The standard InChI is InChI=1S/C12H16ClFN2/c1-8-6-10(13)12(7-11(8)14)16-5-4-15-9-2-3-9/h6-7,9,15-16H,2-5H2,1H3. The number of halogens is 2. The van der Waals surface area contributed by atoms with Crippen LogP contribution in [0.25, 0.3) is 0 Å². The summed E-state index contributed by atoms with van der Waals surface area (Å²) in [5.41, 5.74) is 1.24. The fourth-order valence-corrected chi connectivity index (χ4v) is 1.83. The molecule has 0 bridgehead atoms. The Morgan fingerprint density at radius 1 is 1.38 bits per heavy atom. The molecule has 0 atom stereocenters. The quantitative estimate of drug-likeness (QED) is 0.776. The van der Waals surface area contributed by atoms with Crippen LogP contribution in [0.15, 0.2) is 12.1 Å². The Morgan fingerprint density at radius 3 is 2.81 bits per heavy atom. The topological polar surface area (TPSA) is 24.1 Å². The zero-order valence-electron chi connectivity index (χ0n) is 9.32. The van der Waals surface area contributed by atoms with Gasteiger partial charge in [0.1, 0.15) is 5.82 Å². The van der Waals surface area contributed by atoms with Crippen molar-refractivity contribution in [2.24, 2.45) is 0 Å². The molecule has 2 rings (SSSR count). The number of nitrogens with one attached hydrogen (secondary N) is 2. The van der Waals surface area contributed by atoms with Crippen molar-refractivity contribution < 1.29 is 4.39 Å². The van der Waals surface area contributed by atoms with Crippen molar-refractivity contribution in [3.05, 3.63) is 28.5 Å². The predicted molar refractivity (Wildman–Crippen MR) is 65.7 cm³/mol. The van der Waals surface area contributed by atoms with E-state index in [0.29, 0.717) is 22.3 Å². The zero-order chi connectivity index (χ0) is 11.5. The summed E-state index contributed by atoms with van der Waals surface area (Å²) >= 11 is 6.01. The Bertz CT molecular complexity index is 378. The molecule has 1 fully saturated rings. The third kappa shape index (κ3) is 3.09. The number of aryl methyl sites for hydroxylation is 1. The maximum Gasteiger partial charge on any atom is 0.128 e. The molecular formula is C12H16ClFN2. The third-order valence-electron chi connectivity index (χ3n) is 2.70. The molecule has 16 heavy (non-hydrogen) atoms. The van der Waals surface area contributed by atoms with Crippen molar-refractivity contribution in [2.45, 2.75) is 25.8 Å². The molecule has 0 radical (unpaired) electrons. The van der Waals surface area contributed by atoms with Crippen LogP contribution in [0.3, 0.4) is 0 Å². The SMILES string of the molecule is Cc1cc(Cl)c(NCCNC2CC2)cc1F. The first-order chi connectivity index (χ1) is 7.66. The van der Waals surface area contributed by atoms with Crippen LogP contribution in [0.4, 0.5) is 10.1 Å². The highest BCUT2D eigenvalue weighted by atomic mass is 35.5. The van der Waals surface area contributed by atoms with Gasteiger partial charge < -0.3 is 10.6 Å². The Balaban J connectivity index is 1.85. The highest BCUT2D eigenvalue weighted by Crippen LogP contribution is 2.25. The molecule has 0 amide bonds. The largest absolute Gasteiger partial charge is 0.382 e. The number of benzene rings is 1. The minimum absolute atomic E-state index is 0.220. The van der Waals surface area contributed by atoms with Crippen LogP contribution in [-0.4, -0.2) is 19.1 Å². The molecule has 1 aromatic carbocycles. The van der Waals surface area contributed by atoms with E-state index in [2.05, 4.69) is 10.6 Å². The van der Waals surface area contributed by atoms with Crippen LogP contribution in [-0.2, 0) is 0 Å². The van der Waals surface area contributed by atoms with Gasteiger partial charge in [0.25, 0.3) is 0 Å². The van der Waals surface area contributed by atoms with Crippen LogP contribution in [0.5, 0.6) is 0 Å². The molecule has 0 unspecified atom stereocenters. The van der Waals surface area contributed by atoms with E-state index in [0.717, 1.165) is 13.1 Å². The van der Waals surface area contributed by atoms with Crippen molar-refractivity contribution in [1.29, 1.82) is 0 Å². The molecular weight excluding hydrogens is 227 g/mol. The van der Waals surface area contributed by atoms with Crippen LogP contribution in [0.2, 0.25) is 5.02 Å². The van der Waals surface area contributed by atoms with Gasteiger partial charge in [-0.3, -0.25) is 0 Å². The van der Waals surface area contributed by atoms with Crippen LogP contribution in [0, 0.1) is 12.7 Å². The lowest BCUT2D eigenvalue weighted by Crippen LogP contribution is -2.24. The average molecular weight is 243 g/mol. The summed E-state index contributed by atoms with van der Waals surface area (Å²) in [5, 5.41) is 7.08. The normalized spacial score (nSPS) is 15.2. The van der Waals surface area contributed by atoms with Gasteiger partial charge in [0.15, 0.2) is 0 Å². The highest BCUT2D eigenvalue weighted by Gasteiger charge is 2.19. The Kier molecular flexibility index (Phi) is 3.66. The number of anilines is 1. The summed E-state index contributed by atoms with van der Waals surface area (Å²) in [6.45, 7) is 3.36. The van der Waals surface area contributed by atoms with E-state index < -0.39 is 0 Å². The molecule has 2 nitrogen and oxygen atoms in total. The van der Waals surface area contributed by atoms with Crippen LogP contribution < -0.4 is 10.6 Å². The summed E-state index contributed by atoms with van der Waals surface area (Å²) in [7, 11) is 0. The summed E-state index contributed by atoms with van der Waals surface area (Å²) in [6, 6.07) is 3.80.